The van der Waals surface area contributed by atoms with Crippen LogP contribution in [0.1, 0.15) is 5.56 Å². The van der Waals surface area contributed by atoms with Gasteiger partial charge in [-0.15, -0.1) is 0 Å². The Balaban J connectivity index is 1.08. The third-order valence-electron chi connectivity index (χ3n) is 11.5. The molecule has 11 rings (SSSR count). The number of para-hydroxylation sites is 1. The van der Waals surface area contributed by atoms with Crippen LogP contribution in [0.3, 0.4) is 0 Å². The van der Waals surface area contributed by atoms with Crippen molar-refractivity contribution in [3.63, 3.8) is 0 Å². The molecule has 0 saturated carbocycles. The first-order valence-corrected chi connectivity index (χ1v) is 20.1. The van der Waals surface area contributed by atoms with Gasteiger partial charge in [-0.25, -0.2) is 4.98 Å². The maximum absolute atomic E-state index is 6.46. The Bertz CT molecular complexity index is 3300. The fourth-order valence-electron chi connectivity index (χ4n) is 8.61. The van der Waals surface area contributed by atoms with E-state index in [0.717, 1.165) is 55.3 Å². The summed E-state index contributed by atoms with van der Waals surface area (Å²) in [4.78, 5) is 7.64. The van der Waals surface area contributed by atoms with Crippen LogP contribution in [-0.4, -0.2) is 4.98 Å². The zero-order chi connectivity index (χ0) is 39.1. The SMILES string of the molecule is c1ccc(-c2ccc(CN(c3ccccc3)c3c(-c4ccc5ccc6oc(-c7ccc8ccccc8c7)nc6c5c4)ccc4ccccc34)cc2-c2ccccc2)cc1. The number of aromatic nitrogens is 1. The van der Waals surface area contributed by atoms with E-state index < -0.39 is 0 Å². The van der Waals surface area contributed by atoms with E-state index in [1.54, 1.807) is 0 Å². The molecule has 0 aliphatic heterocycles. The standard InChI is InChI=1S/C56H38N2O/c1-4-15-40(16-5-1)48-31-24-38(34-51(48)41-17-6-2-7-18-41)37-58(47-21-8-3-9-22-47)55-49-23-13-12-19-42(49)29-32-50(55)45-27-26-43-30-33-53-54(52(43)36-45)57-56(59-53)46-28-25-39-14-10-11-20-44(39)35-46/h1-36H,37H2. The highest BCUT2D eigenvalue weighted by Gasteiger charge is 2.21. The van der Waals surface area contributed by atoms with Gasteiger partial charge in [-0.05, 0) is 97.4 Å². The molecule has 59 heavy (non-hydrogen) atoms. The number of nitrogens with zero attached hydrogens (tertiary/aromatic N) is 2. The molecule has 1 aromatic heterocycles. The Hall–Kier alpha value is -7.75. The lowest BCUT2D eigenvalue weighted by Gasteiger charge is -2.30. The lowest BCUT2D eigenvalue weighted by Crippen LogP contribution is -2.18. The molecule has 0 saturated heterocycles. The predicted molar refractivity (Wildman–Crippen MR) is 247 cm³/mol. The molecule has 0 fully saturated rings. The summed E-state index contributed by atoms with van der Waals surface area (Å²) in [6, 6.07) is 78.2. The molecule has 0 aliphatic carbocycles. The predicted octanol–water partition coefficient (Wildman–Crippen LogP) is 15.3. The zero-order valence-electron chi connectivity index (χ0n) is 32.3. The fourth-order valence-corrected chi connectivity index (χ4v) is 8.61. The van der Waals surface area contributed by atoms with Crippen LogP contribution in [0.25, 0.3) is 88.3 Å². The van der Waals surface area contributed by atoms with Crippen molar-refractivity contribution in [3.8, 4) is 44.8 Å². The number of hydrogen-bond donors (Lipinski definition) is 0. The Labute approximate surface area is 343 Å². The minimum atomic E-state index is 0.624. The van der Waals surface area contributed by atoms with Crippen LogP contribution >= 0.6 is 0 Å². The van der Waals surface area contributed by atoms with E-state index >= 15 is 0 Å². The average molecular weight is 755 g/mol. The van der Waals surface area contributed by atoms with Crippen molar-refractivity contribution < 1.29 is 4.42 Å². The molecular weight excluding hydrogens is 717 g/mol. The maximum atomic E-state index is 6.46. The molecule has 0 atom stereocenters. The van der Waals surface area contributed by atoms with Crippen molar-refractivity contribution in [2.45, 2.75) is 6.54 Å². The molecule has 11 aromatic rings. The zero-order valence-corrected chi connectivity index (χ0v) is 32.3. The molecule has 0 radical (unpaired) electrons. The number of oxazole rings is 1. The van der Waals surface area contributed by atoms with Gasteiger partial charge in [-0.2, -0.15) is 0 Å². The molecule has 3 nitrogen and oxygen atoms in total. The van der Waals surface area contributed by atoms with Crippen molar-refractivity contribution in [2.24, 2.45) is 0 Å². The van der Waals surface area contributed by atoms with Crippen molar-refractivity contribution in [1.29, 1.82) is 0 Å². The number of anilines is 2. The average Bonchev–Trinajstić information content (AvgIpc) is 3.76. The monoisotopic (exact) mass is 754 g/mol. The van der Waals surface area contributed by atoms with Gasteiger partial charge in [0.15, 0.2) is 5.58 Å². The largest absolute Gasteiger partial charge is 0.436 e. The summed E-state index contributed by atoms with van der Waals surface area (Å²) in [7, 11) is 0. The quantitative estimate of drug-likeness (QED) is 0.155. The molecule has 0 spiro atoms. The van der Waals surface area contributed by atoms with Gasteiger partial charge in [0.2, 0.25) is 5.89 Å². The molecule has 0 unspecified atom stereocenters. The second kappa shape index (κ2) is 14.6. The summed E-state index contributed by atoms with van der Waals surface area (Å²) < 4.78 is 6.46. The molecule has 278 valence electrons. The number of rotatable bonds is 8. The Morgan fingerprint density at radius 2 is 0.983 bits per heavy atom. The van der Waals surface area contributed by atoms with Crippen LogP contribution in [0.2, 0.25) is 0 Å². The summed E-state index contributed by atoms with van der Waals surface area (Å²) >= 11 is 0. The van der Waals surface area contributed by atoms with E-state index in [-0.39, 0.29) is 0 Å². The minimum Gasteiger partial charge on any atom is -0.436 e. The number of hydrogen-bond acceptors (Lipinski definition) is 3. The molecule has 0 N–H and O–H groups in total. The molecule has 10 aromatic carbocycles. The molecule has 0 bridgehead atoms. The first-order chi connectivity index (χ1) is 29.2. The van der Waals surface area contributed by atoms with Crippen LogP contribution in [-0.2, 0) is 6.54 Å². The van der Waals surface area contributed by atoms with Crippen LogP contribution in [0.4, 0.5) is 11.4 Å². The van der Waals surface area contributed by atoms with E-state index in [0.29, 0.717) is 12.4 Å². The summed E-state index contributed by atoms with van der Waals surface area (Å²) in [5.74, 6) is 0.624. The van der Waals surface area contributed by atoms with E-state index in [4.69, 9.17) is 9.40 Å². The number of fused-ring (bicyclic) bond motifs is 5. The van der Waals surface area contributed by atoms with E-state index in [9.17, 15) is 0 Å². The lowest BCUT2D eigenvalue weighted by atomic mass is 9.92. The topological polar surface area (TPSA) is 29.3 Å². The first-order valence-electron chi connectivity index (χ1n) is 20.1. The molecular formula is C56H38N2O. The summed E-state index contributed by atoms with van der Waals surface area (Å²) in [6.07, 6.45) is 0. The van der Waals surface area contributed by atoms with Gasteiger partial charge in [0.1, 0.15) is 5.52 Å². The summed E-state index contributed by atoms with van der Waals surface area (Å²) in [6.45, 7) is 0.663. The first kappa shape index (κ1) is 34.5. The van der Waals surface area contributed by atoms with Crippen LogP contribution < -0.4 is 4.90 Å². The van der Waals surface area contributed by atoms with Gasteiger partial charge in [0.05, 0.1) is 5.69 Å². The fraction of sp³-hybridized carbons (Fsp3) is 0.0179. The highest BCUT2D eigenvalue weighted by molar-refractivity contribution is 6.09. The Kier molecular flexibility index (Phi) is 8.56. The summed E-state index contributed by atoms with van der Waals surface area (Å²) in [5.41, 5.74) is 13.2. The van der Waals surface area contributed by atoms with Crippen molar-refractivity contribution in [3.05, 3.63) is 224 Å². The normalized spacial score (nSPS) is 11.5. The van der Waals surface area contributed by atoms with E-state index in [2.05, 4.69) is 217 Å². The van der Waals surface area contributed by atoms with Crippen LogP contribution in [0.15, 0.2) is 223 Å². The van der Waals surface area contributed by atoms with Gasteiger partial charge in [0, 0.05) is 34.1 Å². The third kappa shape index (κ3) is 6.40. The molecule has 1 heterocycles. The second-order valence-electron chi connectivity index (χ2n) is 15.1. The second-order valence-corrected chi connectivity index (χ2v) is 15.1. The molecule has 0 amide bonds. The number of benzene rings is 10. The van der Waals surface area contributed by atoms with E-state index in [1.165, 1.54) is 44.0 Å². The van der Waals surface area contributed by atoms with Gasteiger partial charge in [-0.3, -0.25) is 0 Å². The van der Waals surface area contributed by atoms with E-state index in [1.807, 2.05) is 6.07 Å². The van der Waals surface area contributed by atoms with Crippen molar-refractivity contribution >= 4 is 54.8 Å². The highest BCUT2D eigenvalue weighted by Crippen LogP contribution is 2.44. The summed E-state index contributed by atoms with van der Waals surface area (Å²) in [5, 5.41) is 6.92. The highest BCUT2D eigenvalue weighted by atomic mass is 16.3. The van der Waals surface area contributed by atoms with Gasteiger partial charge in [0.25, 0.3) is 0 Å². The lowest BCUT2D eigenvalue weighted by molar-refractivity contribution is 0.620. The smallest absolute Gasteiger partial charge is 0.227 e. The van der Waals surface area contributed by atoms with Gasteiger partial charge >= 0.3 is 0 Å². The Morgan fingerprint density at radius 1 is 0.390 bits per heavy atom. The van der Waals surface area contributed by atoms with Crippen molar-refractivity contribution in [2.75, 3.05) is 4.90 Å². The third-order valence-corrected chi connectivity index (χ3v) is 11.5. The Morgan fingerprint density at radius 3 is 1.78 bits per heavy atom. The molecule has 3 heteroatoms. The molecule has 0 aliphatic rings. The van der Waals surface area contributed by atoms with Crippen LogP contribution in [0.5, 0.6) is 0 Å². The van der Waals surface area contributed by atoms with Gasteiger partial charge in [-0.1, -0.05) is 176 Å². The maximum Gasteiger partial charge on any atom is 0.227 e. The minimum absolute atomic E-state index is 0.624. The van der Waals surface area contributed by atoms with Gasteiger partial charge < -0.3 is 9.32 Å². The van der Waals surface area contributed by atoms with Crippen LogP contribution in [0, 0.1) is 0 Å². The van der Waals surface area contributed by atoms with Crippen molar-refractivity contribution in [1.82, 2.24) is 4.98 Å².